The monoisotopic (exact) mass is 346 g/mol. The van der Waals surface area contributed by atoms with Gasteiger partial charge in [0.25, 0.3) is 0 Å². The molecule has 0 unspecified atom stereocenters. The molecule has 0 saturated carbocycles. The summed E-state index contributed by atoms with van der Waals surface area (Å²) in [6.07, 6.45) is 5.66. The zero-order valence-electron chi connectivity index (χ0n) is 15.3. The third-order valence-corrected chi connectivity index (χ3v) is 4.56. The molecule has 4 N–H and O–H groups in total. The summed E-state index contributed by atoms with van der Waals surface area (Å²) in [6, 6.07) is 4.03. The molecule has 138 valence electrons. The molecule has 0 radical (unpaired) electrons. The number of unbranched alkanes of at least 4 members (excludes halogenated alkanes) is 1. The van der Waals surface area contributed by atoms with Crippen molar-refractivity contribution < 1.29 is 4.79 Å². The first-order valence-electron chi connectivity index (χ1n) is 9.08. The molecule has 1 aliphatic rings. The Morgan fingerprint density at radius 3 is 2.80 bits per heavy atom. The molecule has 1 aliphatic heterocycles. The smallest absolute Gasteiger partial charge is 0.220 e. The molecule has 1 saturated heterocycles. The highest BCUT2D eigenvalue weighted by molar-refractivity contribution is 5.79. The van der Waals surface area contributed by atoms with E-state index in [1.807, 2.05) is 12.3 Å². The maximum absolute atomic E-state index is 11.3. The zero-order valence-corrected chi connectivity index (χ0v) is 15.3. The fourth-order valence-corrected chi connectivity index (χ4v) is 3.01. The van der Waals surface area contributed by atoms with E-state index in [0.29, 0.717) is 6.54 Å². The second kappa shape index (κ2) is 9.86. The number of nitrogens with zero attached hydrogens (tertiary/aromatic N) is 3. The Labute approximate surface area is 150 Å². The van der Waals surface area contributed by atoms with Crippen molar-refractivity contribution in [2.75, 3.05) is 31.6 Å². The van der Waals surface area contributed by atoms with E-state index in [0.717, 1.165) is 62.7 Å². The number of rotatable bonds is 7. The number of hydrogen-bond acceptors (Lipinski definition) is 4. The Bertz CT molecular complexity index is 581. The summed E-state index contributed by atoms with van der Waals surface area (Å²) in [7, 11) is 1.78. The van der Waals surface area contributed by atoms with Gasteiger partial charge in [0.05, 0.1) is 0 Å². The van der Waals surface area contributed by atoms with E-state index in [9.17, 15) is 4.79 Å². The molecule has 2 rings (SSSR count). The number of anilines is 1. The summed E-state index contributed by atoms with van der Waals surface area (Å²) in [5.41, 5.74) is 6.55. The van der Waals surface area contributed by atoms with Gasteiger partial charge in [0, 0.05) is 50.9 Å². The number of nitrogens with one attached hydrogen (secondary N) is 2. The lowest BCUT2D eigenvalue weighted by atomic mass is 9.96. The van der Waals surface area contributed by atoms with Crippen LogP contribution in [0.1, 0.15) is 38.2 Å². The highest BCUT2D eigenvalue weighted by Crippen LogP contribution is 2.24. The van der Waals surface area contributed by atoms with Gasteiger partial charge < -0.3 is 21.3 Å². The first-order valence-corrected chi connectivity index (χ1v) is 9.08. The summed E-state index contributed by atoms with van der Waals surface area (Å²) in [6.45, 7) is 5.35. The van der Waals surface area contributed by atoms with Crippen molar-refractivity contribution in [3.63, 3.8) is 0 Å². The lowest BCUT2D eigenvalue weighted by Gasteiger charge is -2.32. The van der Waals surface area contributed by atoms with Crippen LogP contribution in [-0.4, -0.2) is 43.5 Å². The SMILES string of the molecule is CCCCNC(=NC)NCc1cccnc1N1CCC(C(N)=O)CC1. The third kappa shape index (κ3) is 5.62. The van der Waals surface area contributed by atoms with Crippen molar-refractivity contribution in [2.24, 2.45) is 16.6 Å². The Kier molecular flexibility index (Phi) is 7.50. The Hall–Kier alpha value is -2.31. The van der Waals surface area contributed by atoms with Gasteiger partial charge in [-0.05, 0) is 25.3 Å². The molecule has 0 spiro atoms. The maximum Gasteiger partial charge on any atom is 0.220 e. The van der Waals surface area contributed by atoms with Gasteiger partial charge in [0.15, 0.2) is 5.96 Å². The topological polar surface area (TPSA) is 95.6 Å². The minimum Gasteiger partial charge on any atom is -0.369 e. The standard InChI is InChI=1S/C18H30N6O/c1-3-4-9-22-18(20-2)23-13-15-6-5-10-21-17(15)24-11-7-14(8-12-24)16(19)25/h5-6,10,14H,3-4,7-9,11-13H2,1-2H3,(H2,19,25)(H2,20,22,23). The molecule has 1 amide bonds. The zero-order chi connectivity index (χ0) is 18.1. The van der Waals surface area contributed by atoms with Crippen LogP contribution in [0, 0.1) is 5.92 Å². The summed E-state index contributed by atoms with van der Waals surface area (Å²) >= 11 is 0. The molecule has 1 aromatic rings. The van der Waals surface area contributed by atoms with E-state index in [2.05, 4.69) is 38.5 Å². The summed E-state index contributed by atoms with van der Waals surface area (Å²) in [5, 5.41) is 6.66. The van der Waals surface area contributed by atoms with Crippen LogP contribution in [0.15, 0.2) is 23.3 Å². The minimum atomic E-state index is -0.190. The second-order valence-electron chi connectivity index (χ2n) is 6.36. The average Bonchev–Trinajstić information content (AvgIpc) is 2.65. The van der Waals surface area contributed by atoms with Crippen LogP contribution in [0.3, 0.4) is 0 Å². The Morgan fingerprint density at radius 1 is 1.40 bits per heavy atom. The highest BCUT2D eigenvalue weighted by atomic mass is 16.1. The van der Waals surface area contributed by atoms with E-state index in [1.54, 1.807) is 7.05 Å². The van der Waals surface area contributed by atoms with Gasteiger partial charge in [-0.15, -0.1) is 0 Å². The summed E-state index contributed by atoms with van der Waals surface area (Å²) in [5.74, 6) is 1.57. The fourth-order valence-electron chi connectivity index (χ4n) is 3.01. The van der Waals surface area contributed by atoms with E-state index in [1.165, 1.54) is 0 Å². The van der Waals surface area contributed by atoms with E-state index in [-0.39, 0.29) is 11.8 Å². The van der Waals surface area contributed by atoms with Crippen LogP contribution in [0.2, 0.25) is 0 Å². The molecule has 7 nitrogen and oxygen atoms in total. The van der Waals surface area contributed by atoms with E-state index >= 15 is 0 Å². The third-order valence-electron chi connectivity index (χ3n) is 4.56. The van der Waals surface area contributed by atoms with Gasteiger partial charge in [-0.2, -0.15) is 0 Å². The maximum atomic E-state index is 11.3. The molecule has 0 aromatic carbocycles. The normalized spacial score (nSPS) is 15.9. The summed E-state index contributed by atoms with van der Waals surface area (Å²) < 4.78 is 0. The van der Waals surface area contributed by atoms with Crippen LogP contribution in [0.4, 0.5) is 5.82 Å². The molecule has 7 heteroatoms. The Balaban J connectivity index is 1.95. The van der Waals surface area contributed by atoms with Gasteiger partial charge in [0.2, 0.25) is 5.91 Å². The number of hydrogen-bond donors (Lipinski definition) is 3. The van der Waals surface area contributed by atoms with E-state index in [4.69, 9.17) is 5.73 Å². The Morgan fingerprint density at radius 2 is 2.16 bits per heavy atom. The van der Waals surface area contributed by atoms with Crippen LogP contribution >= 0.6 is 0 Å². The number of guanidine groups is 1. The first kappa shape index (κ1) is 19.0. The van der Waals surface area contributed by atoms with Crippen molar-refractivity contribution in [1.29, 1.82) is 0 Å². The molecule has 2 heterocycles. The van der Waals surface area contributed by atoms with Gasteiger partial charge in [-0.25, -0.2) is 4.98 Å². The van der Waals surface area contributed by atoms with Crippen molar-refractivity contribution in [3.8, 4) is 0 Å². The summed E-state index contributed by atoms with van der Waals surface area (Å²) in [4.78, 5) is 22.4. The van der Waals surface area contributed by atoms with Gasteiger partial charge in [0.1, 0.15) is 5.82 Å². The molecular formula is C18H30N6O. The molecule has 25 heavy (non-hydrogen) atoms. The van der Waals surface area contributed by atoms with Crippen LogP contribution in [0.5, 0.6) is 0 Å². The number of aliphatic imine (C=N–C) groups is 1. The predicted molar refractivity (Wildman–Crippen MR) is 101 cm³/mol. The fraction of sp³-hybridized carbons (Fsp3) is 0.611. The first-order chi connectivity index (χ1) is 12.2. The molecule has 0 aliphatic carbocycles. The quantitative estimate of drug-likeness (QED) is 0.392. The lowest BCUT2D eigenvalue weighted by Crippen LogP contribution is -2.40. The van der Waals surface area contributed by atoms with Crippen molar-refractivity contribution in [2.45, 2.75) is 39.2 Å². The number of piperidine rings is 1. The van der Waals surface area contributed by atoms with Crippen molar-refractivity contribution >= 4 is 17.7 Å². The molecule has 0 bridgehead atoms. The van der Waals surface area contributed by atoms with Gasteiger partial charge >= 0.3 is 0 Å². The van der Waals surface area contributed by atoms with E-state index < -0.39 is 0 Å². The predicted octanol–water partition coefficient (Wildman–Crippen LogP) is 1.25. The molecular weight excluding hydrogens is 316 g/mol. The number of carbonyl (C=O) groups excluding carboxylic acids is 1. The average molecular weight is 346 g/mol. The van der Waals surface area contributed by atoms with Gasteiger partial charge in [-0.3, -0.25) is 9.79 Å². The largest absolute Gasteiger partial charge is 0.369 e. The molecule has 1 fully saturated rings. The lowest BCUT2D eigenvalue weighted by molar-refractivity contribution is -0.122. The number of primary amides is 1. The number of nitrogens with two attached hydrogens (primary N) is 1. The molecule has 0 atom stereocenters. The van der Waals surface area contributed by atoms with Crippen molar-refractivity contribution in [3.05, 3.63) is 23.9 Å². The van der Waals surface area contributed by atoms with Crippen LogP contribution in [0.25, 0.3) is 0 Å². The minimum absolute atomic E-state index is 0.0110. The number of amides is 1. The number of pyridine rings is 1. The molecule has 1 aromatic heterocycles. The van der Waals surface area contributed by atoms with Crippen molar-refractivity contribution in [1.82, 2.24) is 15.6 Å². The highest BCUT2D eigenvalue weighted by Gasteiger charge is 2.24. The second-order valence-corrected chi connectivity index (χ2v) is 6.36. The van der Waals surface area contributed by atoms with Crippen LogP contribution < -0.4 is 21.3 Å². The van der Waals surface area contributed by atoms with Gasteiger partial charge in [-0.1, -0.05) is 19.4 Å². The number of aromatic nitrogens is 1. The number of carbonyl (C=O) groups is 1. The van der Waals surface area contributed by atoms with Crippen LogP contribution in [-0.2, 0) is 11.3 Å².